The molecule has 0 aromatic carbocycles. The number of aryl methyl sites for hydroxylation is 2. The van der Waals surface area contributed by atoms with Gasteiger partial charge in [0.05, 0.1) is 12.5 Å². The van der Waals surface area contributed by atoms with Crippen molar-refractivity contribution in [2.45, 2.75) is 32.5 Å². The Hall–Kier alpha value is -3.32. The number of amides is 2. The summed E-state index contributed by atoms with van der Waals surface area (Å²) in [5.41, 5.74) is 0.0841. The molecule has 30 heavy (non-hydrogen) atoms. The molecule has 1 aliphatic heterocycles. The number of pyridine rings is 2. The Balaban J connectivity index is 2.00. The van der Waals surface area contributed by atoms with E-state index in [4.69, 9.17) is 4.55 Å². The van der Waals surface area contributed by atoms with E-state index in [0.29, 0.717) is 17.9 Å². The molecule has 12 nitrogen and oxygen atoms in total. The Bertz CT molecular complexity index is 1240. The highest BCUT2D eigenvalue weighted by Gasteiger charge is 2.58. The summed E-state index contributed by atoms with van der Waals surface area (Å²) in [5, 5.41) is 2.36. The number of nitrogens with one attached hydrogen (secondary N) is 1. The summed E-state index contributed by atoms with van der Waals surface area (Å²) in [6, 6.07) is -0.291. The lowest BCUT2D eigenvalue weighted by Gasteiger charge is -2.41. The van der Waals surface area contributed by atoms with Crippen LogP contribution in [0.15, 0.2) is 23.1 Å². The average Bonchev–Trinajstić information content (AvgIpc) is 2.68. The molecule has 13 heteroatoms. The van der Waals surface area contributed by atoms with E-state index in [2.05, 4.69) is 15.0 Å². The van der Waals surface area contributed by atoms with Crippen molar-refractivity contribution in [3.63, 3.8) is 0 Å². The molecule has 2 atom stereocenters. The van der Waals surface area contributed by atoms with Crippen LogP contribution in [0.2, 0.25) is 0 Å². The second-order valence-electron chi connectivity index (χ2n) is 6.51. The molecule has 0 bridgehead atoms. The van der Waals surface area contributed by atoms with Gasteiger partial charge in [0.1, 0.15) is 17.3 Å². The number of esters is 1. The fraction of sp³-hybridized carbons (Fsp3) is 0.353. The first kappa shape index (κ1) is 21.4. The summed E-state index contributed by atoms with van der Waals surface area (Å²) in [5.74, 6) is -3.40. The topological polar surface area (TPSA) is 165 Å². The third-order valence-corrected chi connectivity index (χ3v) is 5.58. The van der Waals surface area contributed by atoms with E-state index in [0.717, 1.165) is 7.11 Å². The minimum Gasteiger partial charge on any atom is -0.467 e. The van der Waals surface area contributed by atoms with Gasteiger partial charge in [-0.1, -0.05) is 0 Å². The Morgan fingerprint density at radius 1 is 1.30 bits per heavy atom. The molecule has 0 radical (unpaired) electrons. The van der Waals surface area contributed by atoms with Gasteiger partial charge in [-0.25, -0.2) is 9.78 Å². The fourth-order valence-electron chi connectivity index (χ4n) is 3.19. The molecule has 1 aliphatic rings. The predicted molar refractivity (Wildman–Crippen MR) is 102 cm³/mol. The normalized spacial score (nSPS) is 18.8. The molecule has 0 aliphatic carbocycles. The van der Waals surface area contributed by atoms with E-state index in [-0.39, 0.29) is 15.3 Å². The zero-order valence-corrected chi connectivity index (χ0v) is 17.0. The molecule has 0 unspecified atom stereocenters. The second-order valence-corrected chi connectivity index (χ2v) is 7.80. The molecule has 2 aromatic rings. The van der Waals surface area contributed by atoms with Crippen LogP contribution in [0.1, 0.15) is 23.0 Å². The third-order valence-electron chi connectivity index (χ3n) is 4.68. The zero-order valence-electron chi connectivity index (χ0n) is 16.1. The van der Waals surface area contributed by atoms with Crippen LogP contribution < -0.4 is 10.7 Å². The molecule has 3 heterocycles. The number of ether oxygens (including phenoxy) is 1. The Labute approximate surface area is 170 Å². The fourth-order valence-corrected chi connectivity index (χ4v) is 4.03. The molecule has 2 amide bonds. The number of aromatic nitrogens is 2. The highest BCUT2D eigenvalue weighted by molar-refractivity contribution is 7.84. The molecule has 160 valence electrons. The summed E-state index contributed by atoms with van der Waals surface area (Å²) < 4.78 is 37.8. The first-order valence-electron chi connectivity index (χ1n) is 8.71. The molecule has 0 saturated carbocycles. The van der Waals surface area contributed by atoms with E-state index in [1.807, 2.05) is 0 Å². The largest absolute Gasteiger partial charge is 0.467 e. The zero-order chi connectivity index (χ0) is 22.4. The van der Waals surface area contributed by atoms with Crippen molar-refractivity contribution in [3.05, 3.63) is 39.8 Å². The number of carbonyl (C=O) groups excluding carboxylic acids is 3. The van der Waals surface area contributed by atoms with Crippen molar-refractivity contribution in [1.29, 1.82) is 0 Å². The van der Waals surface area contributed by atoms with E-state index in [1.165, 1.54) is 12.3 Å². The molecule has 2 aromatic heterocycles. The molecule has 3 rings (SSSR count). The Kier molecular flexibility index (Phi) is 5.34. The number of methoxy groups -OCH3 is 1. The van der Waals surface area contributed by atoms with Crippen LogP contribution in [-0.4, -0.2) is 63.8 Å². The minimum absolute atomic E-state index is 0.0960. The lowest BCUT2D eigenvalue weighted by molar-refractivity contribution is -0.161. The van der Waals surface area contributed by atoms with Crippen LogP contribution in [0.3, 0.4) is 0 Å². The maximum absolute atomic E-state index is 12.8. The van der Waals surface area contributed by atoms with E-state index >= 15 is 0 Å². The van der Waals surface area contributed by atoms with Crippen LogP contribution >= 0.6 is 0 Å². The summed E-state index contributed by atoms with van der Waals surface area (Å²) in [4.78, 5) is 53.8. The van der Waals surface area contributed by atoms with Crippen molar-refractivity contribution >= 4 is 39.1 Å². The average molecular weight is 438 g/mol. The highest BCUT2D eigenvalue weighted by atomic mass is 32.2. The van der Waals surface area contributed by atoms with E-state index in [9.17, 15) is 27.6 Å². The first-order chi connectivity index (χ1) is 14.0. The minimum atomic E-state index is -5.05. The first-order valence-corrected chi connectivity index (χ1v) is 10.1. The van der Waals surface area contributed by atoms with Gasteiger partial charge in [-0.15, -0.1) is 0 Å². The standard InChI is InChI=1S/C17H18N4O8S/c1-4-20-7-10(13(22)9-6-5-8(2)18-14(9)20)15(23)19-11-12(17(25)29-3)21(16(11)24)30(26,27)28/h5-7,11-12H,4H2,1-3H3,(H,19,23)(H,26,27,28)/t11-,12-/m0/s1. The summed E-state index contributed by atoms with van der Waals surface area (Å²) in [6.45, 7) is 3.92. The number of nitrogens with zero attached hydrogens (tertiary/aromatic N) is 3. The van der Waals surface area contributed by atoms with E-state index < -0.39 is 45.6 Å². The van der Waals surface area contributed by atoms with Crippen molar-refractivity contribution in [2.24, 2.45) is 0 Å². The van der Waals surface area contributed by atoms with Gasteiger partial charge < -0.3 is 14.6 Å². The molecular weight excluding hydrogens is 420 g/mol. The summed E-state index contributed by atoms with van der Waals surface area (Å²) in [7, 11) is -4.10. The highest BCUT2D eigenvalue weighted by Crippen LogP contribution is 2.25. The number of β-lactam (4-membered cyclic amide) rings is 1. The Morgan fingerprint density at radius 2 is 1.97 bits per heavy atom. The number of hydrogen-bond acceptors (Lipinski definition) is 8. The quantitative estimate of drug-likeness (QED) is 0.339. The van der Waals surface area contributed by atoms with Crippen molar-refractivity contribution < 1.29 is 32.1 Å². The lowest BCUT2D eigenvalue weighted by atomic mass is 9.98. The smallest absolute Gasteiger partial charge is 0.363 e. The molecule has 1 saturated heterocycles. The number of rotatable bonds is 5. The van der Waals surface area contributed by atoms with Gasteiger partial charge in [0.25, 0.3) is 11.8 Å². The van der Waals surface area contributed by atoms with Gasteiger partial charge in [-0.3, -0.25) is 18.9 Å². The van der Waals surface area contributed by atoms with Gasteiger partial charge in [0.15, 0.2) is 6.04 Å². The maximum Gasteiger partial charge on any atom is 0.363 e. The second kappa shape index (κ2) is 7.50. The van der Waals surface area contributed by atoms with Crippen molar-refractivity contribution in [2.75, 3.05) is 7.11 Å². The van der Waals surface area contributed by atoms with Crippen LogP contribution in [0.25, 0.3) is 11.0 Å². The van der Waals surface area contributed by atoms with Gasteiger partial charge >= 0.3 is 16.3 Å². The van der Waals surface area contributed by atoms with Crippen LogP contribution in [-0.2, 0) is 31.2 Å². The summed E-state index contributed by atoms with van der Waals surface area (Å²) in [6.07, 6.45) is 1.27. The predicted octanol–water partition coefficient (Wildman–Crippen LogP) is -0.990. The lowest BCUT2D eigenvalue weighted by Crippen LogP contribution is -2.74. The SMILES string of the molecule is CCn1cc(C(=O)N[C@@H]2C(=O)N(S(=O)(=O)O)[C@@H]2C(=O)OC)c(=O)c2ccc(C)nc21. The molecular formula is C17H18N4O8S. The maximum atomic E-state index is 12.8. The van der Waals surface area contributed by atoms with Gasteiger partial charge in [-0.05, 0) is 26.0 Å². The number of carbonyl (C=O) groups is 3. The monoisotopic (exact) mass is 438 g/mol. The molecule has 1 fully saturated rings. The van der Waals surface area contributed by atoms with Gasteiger partial charge in [-0.2, -0.15) is 12.7 Å². The van der Waals surface area contributed by atoms with Gasteiger partial charge in [0.2, 0.25) is 5.43 Å². The van der Waals surface area contributed by atoms with Crippen LogP contribution in [0.5, 0.6) is 0 Å². The summed E-state index contributed by atoms with van der Waals surface area (Å²) >= 11 is 0. The molecule has 2 N–H and O–H groups in total. The van der Waals surface area contributed by atoms with E-state index in [1.54, 1.807) is 24.5 Å². The van der Waals surface area contributed by atoms with Crippen LogP contribution in [0.4, 0.5) is 0 Å². The number of fused-ring (bicyclic) bond motifs is 1. The van der Waals surface area contributed by atoms with Gasteiger partial charge in [0, 0.05) is 18.4 Å². The third kappa shape index (κ3) is 3.41. The number of hydrogen-bond donors (Lipinski definition) is 2. The van der Waals surface area contributed by atoms with Crippen LogP contribution in [0, 0.1) is 6.92 Å². The van der Waals surface area contributed by atoms with Crippen molar-refractivity contribution in [3.8, 4) is 0 Å². The Morgan fingerprint density at radius 3 is 2.53 bits per heavy atom. The molecule has 0 spiro atoms. The van der Waals surface area contributed by atoms with Crippen molar-refractivity contribution in [1.82, 2.24) is 19.2 Å².